The van der Waals surface area contributed by atoms with E-state index in [0.717, 1.165) is 12.2 Å². The molecule has 1 fully saturated rings. The lowest BCUT2D eigenvalue weighted by Crippen LogP contribution is -2.14. The van der Waals surface area contributed by atoms with Gasteiger partial charge in [0.05, 0.1) is 5.69 Å². The summed E-state index contributed by atoms with van der Waals surface area (Å²) in [5.41, 5.74) is 2.31. The highest BCUT2D eigenvalue weighted by atomic mass is 35.5. The summed E-state index contributed by atoms with van der Waals surface area (Å²) >= 11 is 0. The second-order valence-corrected chi connectivity index (χ2v) is 3.35. The molecule has 1 saturated heterocycles. The van der Waals surface area contributed by atoms with Crippen LogP contribution in [-0.2, 0) is 0 Å². The lowest BCUT2D eigenvalue weighted by Gasteiger charge is -2.09. The van der Waals surface area contributed by atoms with Gasteiger partial charge in [0.1, 0.15) is 0 Å². The summed E-state index contributed by atoms with van der Waals surface area (Å²) in [4.78, 5) is 4.49. The molecule has 2 rings (SSSR count). The summed E-state index contributed by atoms with van der Waals surface area (Å²) in [5, 5.41) is 3.44. The van der Waals surface area contributed by atoms with Crippen LogP contribution in [-0.4, -0.2) is 11.5 Å². The number of halogens is 2. The quantitative estimate of drug-likeness (QED) is 0.809. The zero-order chi connectivity index (χ0) is 8.39. The highest BCUT2D eigenvalue weighted by Gasteiger charge is 2.16. The Bertz CT molecular complexity index is 273. The molecule has 80 valence electrons. The van der Waals surface area contributed by atoms with Crippen LogP contribution < -0.4 is 5.32 Å². The molecule has 1 N–H and O–H groups in total. The van der Waals surface area contributed by atoms with Crippen LogP contribution in [0.4, 0.5) is 0 Å². The Labute approximate surface area is 97.3 Å². The number of pyridine rings is 1. The van der Waals surface area contributed by atoms with Crippen LogP contribution >= 0.6 is 24.8 Å². The first kappa shape index (κ1) is 13.7. The van der Waals surface area contributed by atoms with E-state index in [-0.39, 0.29) is 24.8 Å². The lowest BCUT2D eigenvalue weighted by molar-refractivity contribution is 0.626. The average Bonchev–Trinajstić information content (AvgIpc) is 2.56. The van der Waals surface area contributed by atoms with Crippen LogP contribution in [0.3, 0.4) is 0 Å². The average molecular weight is 235 g/mol. The minimum absolute atomic E-state index is 0. The van der Waals surface area contributed by atoms with Crippen LogP contribution in [0, 0.1) is 6.92 Å². The van der Waals surface area contributed by atoms with Gasteiger partial charge in [-0.2, -0.15) is 0 Å². The van der Waals surface area contributed by atoms with E-state index in [1.165, 1.54) is 18.5 Å². The molecule has 1 aliphatic heterocycles. The van der Waals surface area contributed by atoms with Gasteiger partial charge in [0.2, 0.25) is 0 Å². The predicted octanol–water partition coefficient (Wildman–Crippen LogP) is 2.66. The fraction of sp³-hybridized carbons (Fsp3) is 0.500. The topological polar surface area (TPSA) is 24.9 Å². The standard InChI is InChI=1S/C10H14N2.2ClH/c1-8-4-2-5-10(12-8)9-6-3-7-11-9;;/h2,4-5,9,11H,3,6-7H2,1H3;2*1H. The highest BCUT2D eigenvalue weighted by Crippen LogP contribution is 2.20. The monoisotopic (exact) mass is 234 g/mol. The molecule has 0 spiro atoms. The maximum atomic E-state index is 4.49. The minimum atomic E-state index is 0. The number of nitrogens with zero attached hydrogens (tertiary/aromatic N) is 1. The molecule has 0 bridgehead atoms. The van der Waals surface area contributed by atoms with E-state index in [2.05, 4.69) is 22.4 Å². The molecule has 1 atom stereocenters. The summed E-state index contributed by atoms with van der Waals surface area (Å²) < 4.78 is 0. The van der Waals surface area contributed by atoms with Gasteiger partial charge in [0.25, 0.3) is 0 Å². The molecular weight excluding hydrogens is 219 g/mol. The largest absolute Gasteiger partial charge is 0.309 e. The van der Waals surface area contributed by atoms with Gasteiger partial charge in [-0.05, 0) is 38.4 Å². The first-order chi connectivity index (χ1) is 5.86. The van der Waals surface area contributed by atoms with Gasteiger partial charge < -0.3 is 5.32 Å². The molecule has 1 aromatic rings. The molecule has 0 radical (unpaired) electrons. The molecule has 0 aromatic carbocycles. The van der Waals surface area contributed by atoms with Gasteiger partial charge in [0.15, 0.2) is 0 Å². The molecule has 0 aliphatic carbocycles. The van der Waals surface area contributed by atoms with E-state index in [1.807, 2.05) is 13.0 Å². The second-order valence-electron chi connectivity index (χ2n) is 3.35. The summed E-state index contributed by atoms with van der Waals surface area (Å²) in [6, 6.07) is 6.73. The molecule has 4 heteroatoms. The summed E-state index contributed by atoms with van der Waals surface area (Å²) in [6.45, 7) is 3.18. The summed E-state index contributed by atoms with van der Waals surface area (Å²) in [7, 11) is 0. The number of aryl methyl sites for hydroxylation is 1. The van der Waals surface area contributed by atoms with Gasteiger partial charge in [-0.3, -0.25) is 4.98 Å². The smallest absolute Gasteiger partial charge is 0.0576 e. The summed E-state index contributed by atoms with van der Waals surface area (Å²) in [5.74, 6) is 0. The molecule has 14 heavy (non-hydrogen) atoms. The SMILES string of the molecule is Cc1cccc(C2CCCN2)n1.Cl.Cl. The Kier molecular flexibility index (Phi) is 6.09. The molecule has 1 aliphatic rings. The van der Waals surface area contributed by atoms with E-state index < -0.39 is 0 Å². The van der Waals surface area contributed by atoms with Crippen molar-refractivity contribution in [3.05, 3.63) is 29.6 Å². The molecular formula is C10H16Cl2N2. The van der Waals surface area contributed by atoms with Gasteiger partial charge >= 0.3 is 0 Å². The minimum Gasteiger partial charge on any atom is -0.309 e. The maximum absolute atomic E-state index is 4.49. The van der Waals surface area contributed by atoms with Crippen LogP contribution in [0.5, 0.6) is 0 Å². The van der Waals surface area contributed by atoms with Crippen molar-refractivity contribution in [3.8, 4) is 0 Å². The van der Waals surface area contributed by atoms with Crippen molar-refractivity contribution in [3.63, 3.8) is 0 Å². The zero-order valence-corrected chi connectivity index (χ0v) is 9.83. The Balaban J connectivity index is 0.000000845. The van der Waals surface area contributed by atoms with E-state index in [4.69, 9.17) is 0 Å². The van der Waals surface area contributed by atoms with Crippen molar-refractivity contribution < 1.29 is 0 Å². The van der Waals surface area contributed by atoms with E-state index in [9.17, 15) is 0 Å². The van der Waals surface area contributed by atoms with Crippen molar-refractivity contribution in [1.29, 1.82) is 0 Å². The fourth-order valence-electron chi connectivity index (χ4n) is 1.70. The van der Waals surface area contributed by atoms with Gasteiger partial charge in [0, 0.05) is 11.7 Å². The Morgan fingerprint density at radius 1 is 1.36 bits per heavy atom. The van der Waals surface area contributed by atoms with Crippen LogP contribution in [0.25, 0.3) is 0 Å². The third-order valence-corrected chi connectivity index (χ3v) is 2.33. The van der Waals surface area contributed by atoms with Crippen molar-refractivity contribution in [2.45, 2.75) is 25.8 Å². The molecule has 2 heterocycles. The first-order valence-electron chi connectivity index (χ1n) is 4.53. The van der Waals surface area contributed by atoms with Crippen LogP contribution in [0.1, 0.15) is 30.3 Å². The molecule has 2 nitrogen and oxygen atoms in total. The number of aromatic nitrogens is 1. The number of hydrogen-bond acceptors (Lipinski definition) is 2. The zero-order valence-electron chi connectivity index (χ0n) is 8.19. The molecule has 1 unspecified atom stereocenters. The normalized spacial score (nSPS) is 19.6. The summed E-state index contributed by atoms with van der Waals surface area (Å²) in [6.07, 6.45) is 2.51. The van der Waals surface area contributed by atoms with Crippen LogP contribution in [0.15, 0.2) is 18.2 Å². The predicted molar refractivity (Wildman–Crippen MR) is 63.4 cm³/mol. The maximum Gasteiger partial charge on any atom is 0.0576 e. The third kappa shape index (κ3) is 3.12. The van der Waals surface area contributed by atoms with Crippen molar-refractivity contribution in [1.82, 2.24) is 10.3 Å². The van der Waals surface area contributed by atoms with Crippen molar-refractivity contribution >= 4 is 24.8 Å². The molecule has 0 amide bonds. The molecule has 1 aromatic heterocycles. The number of nitrogens with one attached hydrogen (secondary N) is 1. The number of hydrogen-bond donors (Lipinski definition) is 1. The Hall–Kier alpha value is -0.310. The Morgan fingerprint density at radius 3 is 2.71 bits per heavy atom. The van der Waals surface area contributed by atoms with Gasteiger partial charge in [-0.25, -0.2) is 0 Å². The second kappa shape index (κ2) is 6.23. The molecule has 0 saturated carbocycles. The van der Waals surface area contributed by atoms with Crippen LogP contribution in [0.2, 0.25) is 0 Å². The van der Waals surface area contributed by atoms with E-state index >= 15 is 0 Å². The van der Waals surface area contributed by atoms with Gasteiger partial charge in [-0.15, -0.1) is 24.8 Å². The van der Waals surface area contributed by atoms with Gasteiger partial charge in [-0.1, -0.05) is 6.07 Å². The van der Waals surface area contributed by atoms with E-state index in [0.29, 0.717) is 6.04 Å². The first-order valence-corrected chi connectivity index (χ1v) is 4.53. The van der Waals surface area contributed by atoms with Crippen molar-refractivity contribution in [2.75, 3.05) is 6.54 Å². The van der Waals surface area contributed by atoms with E-state index in [1.54, 1.807) is 0 Å². The fourth-order valence-corrected chi connectivity index (χ4v) is 1.70. The number of rotatable bonds is 1. The van der Waals surface area contributed by atoms with Crippen molar-refractivity contribution in [2.24, 2.45) is 0 Å². The Morgan fingerprint density at radius 2 is 2.14 bits per heavy atom. The lowest BCUT2D eigenvalue weighted by atomic mass is 10.1. The third-order valence-electron chi connectivity index (χ3n) is 2.33. The highest BCUT2D eigenvalue weighted by molar-refractivity contribution is 5.85.